The topological polar surface area (TPSA) is 74.2 Å². The van der Waals surface area contributed by atoms with Crippen LogP contribution in [0.2, 0.25) is 0 Å². The van der Waals surface area contributed by atoms with Gasteiger partial charge in [0.05, 0.1) is 5.60 Å². The van der Waals surface area contributed by atoms with E-state index in [4.69, 9.17) is 0 Å². The molecule has 1 rings (SSSR count). The molecule has 94 valence electrons. The Hall–Kier alpha value is -1.62. The number of aromatic nitrogens is 1. The van der Waals surface area contributed by atoms with Gasteiger partial charge in [-0.1, -0.05) is 13.8 Å². The van der Waals surface area contributed by atoms with Crippen LogP contribution in [-0.2, 0) is 0 Å². The Morgan fingerprint density at radius 1 is 1.35 bits per heavy atom. The minimum atomic E-state index is -0.824. The highest BCUT2D eigenvalue weighted by atomic mass is 16.3. The number of pyridine rings is 1. The number of nitrogens with zero attached hydrogens (tertiary/aromatic N) is 1. The quantitative estimate of drug-likeness (QED) is 0.730. The number of amides is 2. The molecular formula is C12H19N3O2. The Bertz CT molecular complexity index is 350. The predicted octanol–water partition coefficient (Wildman–Crippen LogP) is 1.75. The van der Waals surface area contributed by atoms with E-state index in [9.17, 15) is 9.90 Å². The second-order valence-electron chi connectivity index (χ2n) is 3.98. The van der Waals surface area contributed by atoms with E-state index >= 15 is 0 Å². The summed E-state index contributed by atoms with van der Waals surface area (Å²) >= 11 is 0. The summed E-state index contributed by atoms with van der Waals surface area (Å²) < 4.78 is 0. The average molecular weight is 237 g/mol. The first kappa shape index (κ1) is 13.4. The zero-order valence-corrected chi connectivity index (χ0v) is 10.2. The minimum Gasteiger partial charge on any atom is -0.388 e. The van der Waals surface area contributed by atoms with E-state index in [0.29, 0.717) is 18.5 Å². The number of anilines is 1. The number of aliphatic hydroxyl groups is 1. The molecule has 0 saturated carbocycles. The number of carbonyl (C=O) groups is 1. The maximum absolute atomic E-state index is 11.5. The lowest BCUT2D eigenvalue weighted by molar-refractivity contribution is 0.0354. The van der Waals surface area contributed by atoms with Crippen molar-refractivity contribution in [3.8, 4) is 0 Å². The standard InChI is InChI=1S/C12H19N3O2/c1-3-12(17,4-2)9-14-11(16)15-10-5-7-13-8-6-10/h5-8,17H,3-4,9H2,1-2H3,(H2,13,14,15,16). The molecule has 17 heavy (non-hydrogen) atoms. The smallest absolute Gasteiger partial charge is 0.319 e. The first-order chi connectivity index (χ1) is 8.09. The van der Waals surface area contributed by atoms with Crippen molar-refractivity contribution in [1.82, 2.24) is 10.3 Å². The van der Waals surface area contributed by atoms with Gasteiger partial charge in [-0.15, -0.1) is 0 Å². The highest BCUT2D eigenvalue weighted by Gasteiger charge is 2.22. The van der Waals surface area contributed by atoms with Crippen LogP contribution < -0.4 is 10.6 Å². The van der Waals surface area contributed by atoms with Crippen LogP contribution in [0, 0.1) is 0 Å². The molecule has 1 heterocycles. The van der Waals surface area contributed by atoms with E-state index in [1.165, 1.54) is 0 Å². The van der Waals surface area contributed by atoms with Crippen LogP contribution in [-0.4, -0.2) is 28.3 Å². The van der Waals surface area contributed by atoms with Gasteiger partial charge in [0.15, 0.2) is 0 Å². The Labute approximate surface area is 101 Å². The fraction of sp³-hybridized carbons (Fsp3) is 0.500. The lowest BCUT2D eigenvalue weighted by Gasteiger charge is -2.25. The van der Waals surface area contributed by atoms with Crippen LogP contribution in [0.4, 0.5) is 10.5 Å². The first-order valence-electron chi connectivity index (χ1n) is 5.77. The zero-order chi connectivity index (χ0) is 12.7. The molecule has 0 aliphatic rings. The first-order valence-corrected chi connectivity index (χ1v) is 5.77. The maximum atomic E-state index is 11.5. The minimum absolute atomic E-state index is 0.247. The molecule has 0 aromatic carbocycles. The lowest BCUT2D eigenvalue weighted by Crippen LogP contribution is -2.43. The molecule has 0 saturated heterocycles. The summed E-state index contributed by atoms with van der Waals surface area (Å²) in [6.45, 7) is 4.04. The molecule has 1 aromatic rings. The second kappa shape index (κ2) is 6.20. The third kappa shape index (κ3) is 4.40. The largest absolute Gasteiger partial charge is 0.388 e. The van der Waals surface area contributed by atoms with Gasteiger partial charge in [0, 0.05) is 24.6 Å². The number of rotatable bonds is 5. The van der Waals surface area contributed by atoms with Gasteiger partial charge in [0.25, 0.3) is 0 Å². The van der Waals surface area contributed by atoms with Crippen molar-refractivity contribution in [2.45, 2.75) is 32.3 Å². The monoisotopic (exact) mass is 237 g/mol. The zero-order valence-electron chi connectivity index (χ0n) is 10.2. The summed E-state index contributed by atoms with van der Waals surface area (Å²) in [5, 5.41) is 15.3. The third-order valence-corrected chi connectivity index (χ3v) is 2.83. The number of hydrogen-bond acceptors (Lipinski definition) is 3. The Morgan fingerprint density at radius 2 is 1.94 bits per heavy atom. The van der Waals surface area contributed by atoms with Gasteiger partial charge < -0.3 is 15.7 Å². The molecule has 0 radical (unpaired) electrons. The fourth-order valence-corrected chi connectivity index (χ4v) is 1.36. The third-order valence-electron chi connectivity index (χ3n) is 2.83. The molecule has 3 N–H and O–H groups in total. The van der Waals surface area contributed by atoms with Crippen LogP contribution in [0.15, 0.2) is 24.5 Å². The number of hydrogen-bond donors (Lipinski definition) is 3. The average Bonchev–Trinajstić information content (AvgIpc) is 2.37. The molecule has 0 aliphatic carbocycles. The van der Waals surface area contributed by atoms with Gasteiger partial charge in [-0.2, -0.15) is 0 Å². The van der Waals surface area contributed by atoms with Gasteiger partial charge >= 0.3 is 6.03 Å². The summed E-state index contributed by atoms with van der Waals surface area (Å²) in [6, 6.07) is 3.08. The summed E-state index contributed by atoms with van der Waals surface area (Å²) in [5.41, 5.74) is -0.149. The summed E-state index contributed by atoms with van der Waals surface area (Å²) in [6.07, 6.45) is 4.42. The fourth-order valence-electron chi connectivity index (χ4n) is 1.36. The van der Waals surface area contributed by atoms with Crippen molar-refractivity contribution in [1.29, 1.82) is 0 Å². The number of urea groups is 1. The molecule has 1 aromatic heterocycles. The van der Waals surface area contributed by atoms with Crippen molar-refractivity contribution in [2.75, 3.05) is 11.9 Å². The van der Waals surface area contributed by atoms with E-state index in [0.717, 1.165) is 0 Å². The van der Waals surface area contributed by atoms with E-state index in [1.54, 1.807) is 24.5 Å². The van der Waals surface area contributed by atoms with Gasteiger partial charge in [-0.05, 0) is 25.0 Å². The molecule has 5 heteroatoms. The molecule has 0 atom stereocenters. The Morgan fingerprint density at radius 3 is 2.47 bits per heavy atom. The van der Waals surface area contributed by atoms with E-state index < -0.39 is 5.60 Å². The van der Waals surface area contributed by atoms with Gasteiger partial charge in [0.2, 0.25) is 0 Å². The van der Waals surface area contributed by atoms with Crippen molar-refractivity contribution < 1.29 is 9.90 Å². The van der Waals surface area contributed by atoms with Gasteiger partial charge in [-0.3, -0.25) is 4.98 Å². The summed E-state index contributed by atoms with van der Waals surface area (Å²) in [5.74, 6) is 0. The van der Waals surface area contributed by atoms with Crippen LogP contribution in [0.25, 0.3) is 0 Å². The molecule has 0 bridgehead atoms. The Kier molecular flexibility index (Phi) is 4.90. The molecule has 0 fully saturated rings. The highest BCUT2D eigenvalue weighted by Crippen LogP contribution is 2.12. The second-order valence-corrected chi connectivity index (χ2v) is 3.98. The van der Waals surface area contributed by atoms with Crippen molar-refractivity contribution in [3.05, 3.63) is 24.5 Å². The highest BCUT2D eigenvalue weighted by molar-refractivity contribution is 5.89. The van der Waals surface area contributed by atoms with Crippen LogP contribution in [0.5, 0.6) is 0 Å². The Balaban J connectivity index is 2.41. The van der Waals surface area contributed by atoms with Crippen LogP contribution in [0.1, 0.15) is 26.7 Å². The van der Waals surface area contributed by atoms with Crippen LogP contribution >= 0.6 is 0 Å². The number of nitrogens with one attached hydrogen (secondary N) is 2. The van der Waals surface area contributed by atoms with Crippen molar-refractivity contribution in [2.24, 2.45) is 0 Å². The van der Waals surface area contributed by atoms with Crippen molar-refractivity contribution in [3.63, 3.8) is 0 Å². The van der Waals surface area contributed by atoms with E-state index in [1.807, 2.05) is 13.8 Å². The maximum Gasteiger partial charge on any atom is 0.319 e. The van der Waals surface area contributed by atoms with Crippen molar-refractivity contribution >= 4 is 11.7 Å². The molecule has 5 nitrogen and oxygen atoms in total. The van der Waals surface area contributed by atoms with Crippen LogP contribution in [0.3, 0.4) is 0 Å². The molecule has 2 amide bonds. The van der Waals surface area contributed by atoms with Gasteiger partial charge in [0.1, 0.15) is 0 Å². The molecule has 0 aliphatic heterocycles. The van der Waals surface area contributed by atoms with E-state index in [-0.39, 0.29) is 12.6 Å². The normalized spacial score (nSPS) is 11.0. The molecule has 0 spiro atoms. The lowest BCUT2D eigenvalue weighted by atomic mass is 9.98. The predicted molar refractivity (Wildman–Crippen MR) is 66.8 cm³/mol. The van der Waals surface area contributed by atoms with Gasteiger partial charge in [-0.25, -0.2) is 4.79 Å². The number of carbonyl (C=O) groups excluding carboxylic acids is 1. The summed E-state index contributed by atoms with van der Waals surface area (Å²) in [7, 11) is 0. The molecule has 0 unspecified atom stereocenters. The SMILES string of the molecule is CCC(O)(CC)CNC(=O)Nc1ccncc1. The summed E-state index contributed by atoms with van der Waals surface area (Å²) in [4.78, 5) is 15.4. The van der Waals surface area contributed by atoms with E-state index in [2.05, 4.69) is 15.6 Å². The molecular weight excluding hydrogens is 218 g/mol.